The van der Waals surface area contributed by atoms with Crippen molar-refractivity contribution in [3.8, 4) is 6.07 Å². The molecule has 0 spiro atoms. The van der Waals surface area contributed by atoms with Gasteiger partial charge in [0.05, 0.1) is 24.8 Å². The van der Waals surface area contributed by atoms with Crippen LogP contribution in [0.3, 0.4) is 0 Å². The number of halogens is 1. The molecule has 3 rings (SSSR count). The summed E-state index contributed by atoms with van der Waals surface area (Å²) in [6.45, 7) is 3.02. The van der Waals surface area contributed by atoms with Crippen LogP contribution >= 0.6 is 0 Å². The molecule has 0 N–H and O–H groups in total. The van der Waals surface area contributed by atoms with E-state index in [0.717, 1.165) is 5.56 Å². The van der Waals surface area contributed by atoms with Gasteiger partial charge in [0, 0.05) is 12.1 Å². The minimum absolute atomic E-state index is 0.126. The Morgan fingerprint density at radius 2 is 2.17 bits per heavy atom. The summed E-state index contributed by atoms with van der Waals surface area (Å²) in [4.78, 5) is 14.4. The molecule has 0 unspecified atom stereocenters. The van der Waals surface area contributed by atoms with Crippen molar-refractivity contribution in [1.29, 1.82) is 5.26 Å². The average Bonchev–Trinajstić information content (AvgIpc) is 2.63. The number of carbonyl (C=O) groups is 1. The summed E-state index contributed by atoms with van der Waals surface area (Å²) in [5, 5.41) is 8.97. The van der Waals surface area contributed by atoms with Gasteiger partial charge in [0.15, 0.2) is 0 Å². The third-order valence-corrected chi connectivity index (χ3v) is 4.15. The van der Waals surface area contributed by atoms with Gasteiger partial charge < -0.3 is 9.64 Å². The molecule has 0 saturated carbocycles. The normalized spacial score (nSPS) is 17.4. The number of morpholine rings is 1. The Hall–Kier alpha value is -2.71. The molecule has 1 aliphatic heterocycles. The topological polar surface area (TPSA) is 53.3 Å². The van der Waals surface area contributed by atoms with Gasteiger partial charge in [0.1, 0.15) is 11.9 Å². The van der Waals surface area contributed by atoms with E-state index in [2.05, 4.69) is 0 Å². The first kappa shape index (κ1) is 16.2. The van der Waals surface area contributed by atoms with Crippen LogP contribution in [0.25, 0.3) is 0 Å². The van der Waals surface area contributed by atoms with Crippen molar-refractivity contribution in [3.63, 3.8) is 0 Å². The zero-order valence-corrected chi connectivity index (χ0v) is 13.3. The molecule has 4 nitrogen and oxygen atoms in total. The number of benzene rings is 2. The van der Waals surface area contributed by atoms with Gasteiger partial charge in [0.25, 0.3) is 5.91 Å². The average molecular weight is 324 g/mol. The molecule has 1 aliphatic rings. The SMILES string of the molecule is Cc1cc([C@H]2CN(C(=O)c3cccc(C#N)c3)CCO2)ccc1F. The van der Waals surface area contributed by atoms with Gasteiger partial charge in [-0.1, -0.05) is 18.2 Å². The lowest BCUT2D eigenvalue weighted by Crippen LogP contribution is -2.42. The standard InChI is InChI=1S/C19H17FN2O2/c1-13-9-15(5-6-17(13)20)18-12-22(7-8-24-18)19(23)16-4-2-3-14(10-16)11-21/h2-6,9-10,18H,7-8,12H2,1H3/t18-/m1/s1. The predicted octanol–water partition coefficient (Wildman–Crippen LogP) is 3.22. The van der Waals surface area contributed by atoms with Crippen LogP contribution in [-0.4, -0.2) is 30.5 Å². The summed E-state index contributed by atoms with van der Waals surface area (Å²) in [5.74, 6) is -0.380. The van der Waals surface area contributed by atoms with Gasteiger partial charge in [-0.15, -0.1) is 0 Å². The zero-order valence-electron chi connectivity index (χ0n) is 13.3. The van der Waals surface area contributed by atoms with E-state index >= 15 is 0 Å². The third-order valence-electron chi connectivity index (χ3n) is 4.15. The van der Waals surface area contributed by atoms with E-state index in [4.69, 9.17) is 10.00 Å². The molecule has 0 radical (unpaired) electrons. The van der Waals surface area contributed by atoms with E-state index in [0.29, 0.717) is 36.4 Å². The smallest absolute Gasteiger partial charge is 0.254 e. The fourth-order valence-corrected chi connectivity index (χ4v) is 2.81. The molecule has 1 fully saturated rings. The van der Waals surface area contributed by atoms with E-state index in [9.17, 15) is 9.18 Å². The number of amides is 1. The lowest BCUT2D eigenvalue weighted by Gasteiger charge is -2.33. The summed E-state index contributed by atoms with van der Waals surface area (Å²) < 4.78 is 19.2. The van der Waals surface area contributed by atoms with E-state index < -0.39 is 0 Å². The van der Waals surface area contributed by atoms with Gasteiger partial charge in [-0.25, -0.2) is 4.39 Å². The van der Waals surface area contributed by atoms with E-state index in [1.165, 1.54) is 6.07 Å². The molecule has 1 saturated heterocycles. The maximum Gasteiger partial charge on any atom is 0.254 e. The molecular weight excluding hydrogens is 307 g/mol. The molecular formula is C19H17FN2O2. The largest absolute Gasteiger partial charge is 0.370 e. The second kappa shape index (κ2) is 6.81. The lowest BCUT2D eigenvalue weighted by atomic mass is 10.0. The maximum atomic E-state index is 13.4. The Morgan fingerprint density at radius 1 is 1.33 bits per heavy atom. The Kier molecular flexibility index (Phi) is 4.59. The number of ether oxygens (including phenoxy) is 1. The Morgan fingerprint density at radius 3 is 2.92 bits per heavy atom. The molecule has 24 heavy (non-hydrogen) atoms. The molecule has 0 bridgehead atoms. The fourth-order valence-electron chi connectivity index (χ4n) is 2.81. The number of nitriles is 1. The van der Waals surface area contributed by atoms with Gasteiger partial charge in [-0.3, -0.25) is 4.79 Å². The molecule has 122 valence electrons. The fraction of sp³-hybridized carbons (Fsp3) is 0.263. The monoisotopic (exact) mass is 324 g/mol. The molecule has 0 aromatic heterocycles. The second-order valence-electron chi connectivity index (χ2n) is 5.81. The maximum absolute atomic E-state index is 13.4. The summed E-state index contributed by atoms with van der Waals surface area (Å²) in [6.07, 6.45) is -0.277. The molecule has 5 heteroatoms. The minimum Gasteiger partial charge on any atom is -0.370 e. The van der Waals surface area contributed by atoms with Crippen molar-refractivity contribution in [2.75, 3.05) is 19.7 Å². The summed E-state index contributed by atoms with van der Waals surface area (Å²) in [7, 11) is 0. The highest BCUT2D eigenvalue weighted by Gasteiger charge is 2.26. The highest BCUT2D eigenvalue weighted by atomic mass is 19.1. The van der Waals surface area contributed by atoms with Crippen LogP contribution in [0.15, 0.2) is 42.5 Å². The van der Waals surface area contributed by atoms with Crippen LogP contribution in [0.2, 0.25) is 0 Å². The summed E-state index contributed by atoms with van der Waals surface area (Å²) in [6, 6.07) is 13.6. The van der Waals surface area contributed by atoms with Crippen LogP contribution in [0.4, 0.5) is 4.39 Å². The van der Waals surface area contributed by atoms with Crippen LogP contribution < -0.4 is 0 Å². The first-order valence-electron chi connectivity index (χ1n) is 7.75. The van der Waals surface area contributed by atoms with Gasteiger partial charge in [0.2, 0.25) is 0 Å². The van der Waals surface area contributed by atoms with Crippen LogP contribution in [-0.2, 0) is 4.74 Å². The van der Waals surface area contributed by atoms with Crippen molar-refractivity contribution < 1.29 is 13.9 Å². The van der Waals surface area contributed by atoms with Crippen molar-refractivity contribution in [1.82, 2.24) is 4.90 Å². The molecule has 1 amide bonds. The van der Waals surface area contributed by atoms with Crippen molar-refractivity contribution in [2.45, 2.75) is 13.0 Å². The molecule has 1 atom stereocenters. The third kappa shape index (κ3) is 3.29. The van der Waals surface area contributed by atoms with Crippen molar-refractivity contribution in [2.24, 2.45) is 0 Å². The Labute approximate surface area is 140 Å². The van der Waals surface area contributed by atoms with E-state index in [-0.39, 0.29) is 17.8 Å². The number of nitrogens with zero attached hydrogens (tertiary/aromatic N) is 2. The number of rotatable bonds is 2. The molecule has 1 heterocycles. The molecule has 0 aliphatic carbocycles. The van der Waals surface area contributed by atoms with Crippen LogP contribution in [0, 0.1) is 24.1 Å². The number of carbonyl (C=O) groups excluding carboxylic acids is 1. The van der Waals surface area contributed by atoms with Gasteiger partial charge in [-0.05, 0) is 42.3 Å². The highest BCUT2D eigenvalue weighted by Crippen LogP contribution is 2.25. The summed E-state index contributed by atoms with van der Waals surface area (Å²) in [5.41, 5.74) is 2.36. The van der Waals surface area contributed by atoms with Gasteiger partial charge in [-0.2, -0.15) is 5.26 Å². The minimum atomic E-state index is -0.277. The van der Waals surface area contributed by atoms with Crippen molar-refractivity contribution in [3.05, 3.63) is 70.5 Å². The quantitative estimate of drug-likeness (QED) is 0.852. The predicted molar refractivity (Wildman–Crippen MR) is 86.9 cm³/mol. The molecule has 2 aromatic carbocycles. The number of hydrogen-bond acceptors (Lipinski definition) is 3. The number of hydrogen-bond donors (Lipinski definition) is 0. The summed E-state index contributed by atoms with van der Waals surface area (Å²) >= 11 is 0. The van der Waals surface area contributed by atoms with Crippen LogP contribution in [0.5, 0.6) is 0 Å². The molecule has 2 aromatic rings. The number of aryl methyl sites for hydroxylation is 1. The Bertz CT molecular complexity index is 813. The highest BCUT2D eigenvalue weighted by molar-refractivity contribution is 5.94. The Balaban J connectivity index is 1.78. The first-order chi connectivity index (χ1) is 11.6. The van der Waals surface area contributed by atoms with E-state index in [1.807, 2.05) is 6.07 Å². The lowest BCUT2D eigenvalue weighted by molar-refractivity contribution is -0.0228. The second-order valence-corrected chi connectivity index (χ2v) is 5.81. The van der Waals surface area contributed by atoms with Crippen molar-refractivity contribution >= 4 is 5.91 Å². The zero-order chi connectivity index (χ0) is 17.1. The van der Waals surface area contributed by atoms with E-state index in [1.54, 1.807) is 48.2 Å². The van der Waals surface area contributed by atoms with Crippen LogP contribution in [0.1, 0.15) is 33.2 Å². The van der Waals surface area contributed by atoms with Gasteiger partial charge >= 0.3 is 0 Å². The first-order valence-corrected chi connectivity index (χ1v) is 7.75.